The van der Waals surface area contributed by atoms with Gasteiger partial charge in [0.25, 0.3) is 0 Å². The molecule has 0 fully saturated rings. The van der Waals surface area contributed by atoms with Gasteiger partial charge in [-0.2, -0.15) is 5.10 Å². The second-order valence-corrected chi connectivity index (χ2v) is 9.28. The number of aromatic amines is 1. The molecule has 3 rings (SSSR count). The number of hydrogen-bond donors (Lipinski definition) is 1. The predicted octanol–water partition coefficient (Wildman–Crippen LogP) is 3.83. The van der Waals surface area contributed by atoms with Gasteiger partial charge in [-0.1, -0.05) is 20.8 Å². The molecule has 1 atom stereocenters. The van der Waals surface area contributed by atoms with Crippen molar-refractivity contribution < 1.29 is 14.3 Å². The molecule has 6 nitrogen and oxygen atoms in total. The lowest BCUT2D eigenvalue weighted by molar-refractivity contribution is -0.148. The van der Waals surface area contributed by atoms with Crippen LogP contribution in [-0.2, 0) is 27.3 Å². The van der Waals surface area contributed by atoms with Crippen molar-refractivity contribution in [3.05, 3.63) is 27.9 Å². The van der Waals surface area contributed by atoms with Gasteiger partial charge in [0.1, 0.15) is 0 Å². The number of esters is 1. The van der Waals surface area contributed by atoms with Crippen LogP contribution in [-0.4, -0.2) is 40.6 Å². The van der Waals surface area contributed by atoms with Crippen molar-refractivity contribution in [1.29, 1.82) is 0 Å². The molecule has 0 bridgehead atoms. The van der Waals surface area contributed by atoms with Crippen LogP contribution in [0.4, 0.5) is 0 Å². The van der Waals surface area contributed by atoms with Crippen LogP contribution in [0, 0.1) is 11.3 Å². The van der Waals surface area contributed by atoms with Crippen LogP contribution >= 0.6 is 15.9 Å². The summed E-state index contributed by atoms with van der Waals surface area (Å²) in [5, 5.41) is 8.26. The van der Waals surface area contributed by atoms with E-state index < -0.39 is 0 Å². The molecular formula is C20H26BrN3O3. The summed E-state index contributed by atoms with van der Waals surface area (Å²) in [7, 11) is 1.37. The van der Waals surface area contributed by atoms with E-state index in [1.165, 1.54) is 12.7 Å². The zero-order valence-corrected chi connectivity index (χ0v) is 17.9. The highest BCUT2D eigenvalue weighted by molar-refractivity contribution is 9.10. The first-order chi connectivity index (χ1) is 12.7. The van der Waals surface area contributed by atoms with E-state index in [0.717, 1.165) is 27.4 Å². The van der Waals surface area contributed by atoms with E-state index in [0.29, 0.717) is 19.5 Å². The SMILES string of the molecule is COC(=O)C[C@@H]1CCc2cc(Br)c3[nH]ncc3c2CN(CC(C)(C)C)C1=O. The van der Waals surface area contributed by atoms with Gasteiger partial charge in [0.05, 0.1) is 25.2 Å². The number of carbonyl (C=O) groups excluding carboxylic acids is 2. The van der Waals surface area contributed by atoms with Crippen molar-refractivity contribution in [1.82, 2.24) is 15.1 Å². The van der Waals surface area contributed by atoms with Crippen LogP contribution in [0.15, 0.2) is 16.7 Å². The maximum absolute atomic E-state index is 13.3. The molecule has 0 saturated carbocycles. The van der Waals surface area contributed by atoms with Crippen LogP contribution in [0.1, 0.15) is 44.7 Å². The third kappa shape index (κ3) is 4.34. The molecule has 27 heavy (non-hydrogen) atoms. The summed E-state index contributed by atoms with van der Waals surface area (Å²) in [6.45, 7) is 7.49. The first kappa shape index (κ1) is 19.9. The lowest BCUT2D eigenvalue weighted by atomic mass is 9.87. The molecule has 0 spiro atoms. The summed E-state index contributed by atoms with van der Waals surface area (Å²) < 4.78 is 5.78. The lowest BCUT2D eigenvalue weighted by Crippen LogP contribution is -2.42. The van der Waals surface area contributed by atoms with Crippen molar-refractivity contribution in [3.8, 4) is 0 Å². The topological polar surface area (TPSA) is 75.3 Å². The lowest BCUT2D eigenvalue weighted by Gasteiger charge is -2.35. The molecule has 1 aliphatic heterocycles. The minimum absolute atomic E-state index is 0.0283. The van der Waals surface area contributed by atoms with E-state index in [4.69, 9.17) is 4.74 Å². The minimum atomic E-state index is -0.355. The summed E-state index contributed by atoms with van der Waals surface area (Å²) in [4.78, 5) is 27.0. The Hall–Kier alpha value is -1.89. The Morgan fingerprint density at radius 1 is 1.44 bits per heavy atom. The second kappa shape index (κ2) is 7.62. The van der Waals surface area contributed by atoms with Crippen molar-refractivity contribution in [2.45, 2.75) is 46.6 Å². The average molecular weight is 436 g/mol. The molecule has 1 aromatic heterocycles. The Bertz CT molecular complexity index is 869. The van der Waals surface area contributed by atoms with Crippen LogP contribution in [0.25, 0.3) is 10.9 Å². The van der Waals surface area contributed by atoms with Crippen LogP contribution in [0.5, 0.6) is 0 Å². The number of aromatic nitrogens is 2. The van der Waals surface area contributed by atoms with E-state index in [2.05, 4.69) is 53.0 Å². The monoisotopic (exact) mass is 435 g/mol. The van der Waals surface area contributed by atoms with Gasteiger partial charge < -0.3 is 9.64 Å². The number of nitrogens with zero attached hydrogens (tertiary/aromatic N) is 2. The summed E-state index contributed by atoms with van der Waals surface area (Å²) in [6.07, 6.45) is 3.32. The Labute approximate surface area is 167 Å². The fraction of sp³-hybridized carbons (Fsp3) is 0.550. The van der Waals surface area contributed by atoms with E-state index >= 15 is 0 Å². The molecule has 7 heteroatoms. The normalized spacial score (nSPS) is 18.2. The highest BCUT2D eigenvalue weighted by atomic mass is 79.9. The van der Waals surface area contributed by atoms with Crippen LogP contribution < -0.4 is 0 Å². The van der Waals surface area contributed by atoms with Crippen LogP contribution in [0.2, 0.25) is 0 Å². The predicted molar refractivity (Wildman–Crippen MR) is 107 cm³/mol. The fourth-order valence-electron chi connectivity index (χ4n) is 3.75. The first-order valence-corrected chi connectivity index (χ1v) is 9.98. The van der Waals surface area contributed by atoms with Gasteiger partial charge in [0.15, 0.2) is 0 Å². The molecule has 0 aliphatic carbocycles. The average Bonchev–Trinajstić information content (AvgIpc) is 3.08. The van der Waals surface area contributed by atoms with E-state index in [1.54, 1.807) is 0 Å². The Morgan fingerprint density at radius 2 is 2.19 bits per heavy atom. The van der Waals surface area contributed by atoms with Crippen LogP contribution in [0.3, 0.4) is 0 Å². The number of carbonyl (C=O) groups is 2. The molecule has 0 saturated heterocycles. The van der Waals surface area contributed by atoms with Gasteiger partial charge >= 0.3 is 5.97 Å². The molecule has 146 valence electrons. The number of ether oxygens (including phenoxy) is 1. The smallest absolute Gasteiger partial charge is 0.306 e. The van der Waals surface area contributed by atoms with Crippen molar-refractivity contribution in [2.75, 3.05) is 13.7 Å². The van der Waals surface area contributed by atoms with E-state index in [9.17, 15) is 9.59 Å². The Morgan fingerprint density at radius 3 is 2.85 bits per heavy atom. The second-order valence-electron chi connectivity index (χ2n) is 8.43. The summed E-state index contributed by atoms with van der Waals surface area (Å²) in [6, 6.07) is 2.11. The molecule has 2 heterocycles. The molecule has 1 amide bonds. The maximum atomic E-state index is 13.3. The molecule has 0 unspecified atom stereocenters. The number of methoxy groups -OCH3 is 1. The highest BCUT2D eigenvalue weighted by Gasteiger charge is 2.32. The first-order valence-electron chi connectivity index (χ1n) is 9.18. The summed E-state index contributed by atoms with van der Waals surface area (Å²) >= 11 is 3.62. The third-order valence-electron chi connectivity index (χ3n) is 4.97. The molecule has 0 radical (unpaired) electrons. The van der Waals surface area contributed by atoms with Crippen molar-refractivity contribution in [2.24, 2.45) is 11.3 Å². The number of rotatable bonds is 3. The number of fused-ring (bicyclic) bond motifs is 3. The zero-order chi connectivity index (χ0) is 19.8. The van der Waals surface area contributed by atoms with E-state index in [-0.39, 0.29) is 29.6 Å². The molecule has 2 aromatic rings. The number of aryl methyl sites for hydroxylation is 1. The molecule has 1 aliphatic rings. The van der Waals surface area contributed by atoms with Gasteiger partial charge in [-0.25, -0.2) is 0 Å². The highest BCUT2D eigenvalue weighted by Crippen LogP contribution is 2.34. The van der Waals surface area contributed by atoms with E-state index in [1.807, 2.05) is 11.1 Å². The number of amides is 1. The molecular weight excluding hydrogens is 410 g/mol. The number of H-pyrrole nitrogens is 1. The largest absolute Gasteiger partial charge is 0.469 e. The number of nitrogens with one attached hydrogen (secondary N) is 1. The zero-order valence-electron chi connectivity index (χ0n) is 16.3. The fourth-order valence-corrected chi connectivity index (χ4v) is 4.33. The number of benzene rings is 1. The van der Waals surface area contributed by atoms with Crippen molar-refractivity contribution >= 4 is 38.7 Å². The van der Waals surface area contributed by atoms with Gasteiger partial charge in [0.2, 0.25) is 5.91 Å². The molecule has 1 N–H and O–H groups in total. The number of halogens is 1. The minimum Gasteiger partial charge on any atom is -0.469 e. The van der Waals surface area contributed by atoms with Gasteiger partial charge in [-0.15, -0.1) is 0 Å². The number of hydrogen-bond acceptors (Lipinski definition) is 4. The third-order valence-corrected chi connectivity index (χ3v) is 5.60. The Kier molecular flexibility index (Phi) is 5.60. The maximum Gasteiger partial charge on any atom is 0.306 e. The molecule has 1 aromatic carbocycles. The Balaban J connectivity index is 2.04. The van der Waals surface area contributed by atoms with Gasteiger partial charge in [0, 0.05) is 28.9 Å². The standard InChI is InChI=1S/C20H26BrN3O3/c1-20(2,3)11-24-10-15-12(7-16(21)18-14(15)9-22-23-18)5-6-13(19(24)26)8-17(25)27-4/h7,9,13H,5-6,8,10-11H2,1-4H3,(H,22,23)/t13-/m0/s1. The van der Waals surface area contributed by atoms with Crippen molar-refractivity contribution in [3.63, 3.8) is 0 Å². The summed E-state index contributed by atoms with van der Waals surface area (Å²) in [5.41, 5.74) is 3.23. The van der Waals surface area contributed by atoms with Gasteiger partial charge in [-0.3, -0.25) is 14.7 Å². The van der Waals surface area contributed by atoms with Gasteiger partial charge in [-0.05, 0) is 51.4 Å². The summed E-state index contributed by atoms with van der Waals surface area (Å²) in [5.74, 6) is -0.663. The quantitative estimate of drug-likeness (QED) is 0.743.